The van der Waals surface area contributed by atoms with Crippen molar-refractivity contribution in [1.82, 2.24) is 10.2 Å². The molecule has 0 aliphatic rings. The summed E-state index contributed by atoms with van der Waals surface area (Å²) in [5.41, 5.74) is 3.72. The van der Waals surface area contributed by atoms with Gasteiger partial charge in [0.15, 0.2) is 0 Å². The van der Waals surface area contributed by atoms with E-state index in [4.69, 9.17) is 11.6 Å². The van der Waals surface area contributed by atoms with E-state index in [1.165, 1.54) is 11.8 Å². The molecule has 0 unspecified atom stereocenters. The summed E-state index contributed by atoms with van der Waals surface area (Å²) < 4.78 is 0. The van der Waals surface area contributed by atoms with E-state index in [-0.39, 0.29) is 11.7 Å². The quantitative estimate of drug-likeness (QED) is 0.654. The number of aryl methyl sites for hydroxylation is 1. The molecule has 0 aliphatic carbocycles. The normalized spacial score (nSPS) is 10.5. The third kappa shape index (κ3) is 4.81. The molecule has 3 rings (SSSR count). The second-order valence-electron chi connectivity index (χ2n) is 5.42. The van der Waals surface area contributed by atoms with Crippen molar-refractivity contribution in [3.63, 3.8) is 0 Å². The Morgan fingerprint density at radius 1 is 1.08 bits per heavy atom. The number of hydrogen-bond donors (Lipinski definition) is 1. The summed E-state index contributed by atoms with van der Waals surface area (Å²) in [6, 6.07) is 18.9. The first-order valence-electron chi connectivity index (χ1n) is 7.70. The van der Waals surface area contributed by atoms with Gasteiger partial charge in [-0.15, -0.1) is 10.2 Å². The van der Waals surface area contributed by atoms with Crippen LogP contribution in [0.2, 0.25) is 5.02 Å². The third-order valence-electron chi connectivity index (χ3n) is 3.52. The molecule has 0 radical (unpaired) electrons. The zero-order valence-corrected chi connectivity index (χ0v) is 15.1. The van der Waals surface area contributed by atoms with Crippen LogP contribution in [0, 0.1) is 6.92 Å². The minimum Gasteiger partial charge on any atom is -0.325 e. The molecule has 1 aromatic heterocycles. The van der Waals surface area contributed by atoms with Crippen molar-refractivity contribution < 1.29 is 4.79 Å². The molecule has 126 valence electrons. The Balaban J connectivity index is 1.58. The van der Waals surface area contributed by atoms with Crippen molar-refractivity contribution >= 4 is 35.0 Å². The fourth-order valence-corrected chi connectivity index (χ4v) is 3.11. The van der Waals surface area contributed by atoms with Gasteiger partial charge in [0.25, 0.3) is 0 Å². The van der Waals surface area contributed by atoms with E-state index in [0.717, 1.165) is 16.8 Å². The number of anilines is 1. The van der Waals surface area contributed by atoms with E-state index in [2.05, 4.69) is 15.5 Å². The molecule has 0 saturated carbocycles. The molecule has 25 heavy (non-hydrogen) atoms. The predicted molar refractivity (Wildman–Crippen MR) is 103 cm³/mol. The molecule has 1 amide bonds. The number of benzene rings is 2. The van der Waals surface area contributed by atoms with E-state index in [1.807, 2.05) is 43.3 Å². The maximum Gasteiger partial charge on any atom is 0.234 e. The van der Waals surface area contributed by atoms with E-state index >= 15 is 0 Å². The first kappa shape index (κ1) is 17.5. The monoisotopic (exact) mass is 369 g/mol. The van der Waals surface area contributed by atoms with Crippen molar-refractivity contribution in [2.24, 2.45) is 0 Å². The van der Waals surface area contributed by atoms with Crippen LogP contribution in [0.15, 0.2) is 65.7 Å². The average molecular weight is 370 g/mol. The Labute approximate surface area is 155 Å². The van der Waals surface area contributed by atoms with E-state index in [0.29, 0.717) is 15.7 Å². The molecule has 0 saturated heterocycles. The second kappa shape index (κ2) is 8.14. The molecule has 1 heterocycles. The maximum absolute atomic E-state index is 12.0. The molecule has 0 fully saturated rings. The van der Waals surface area contributed by atoms with Crippen LogP contribution < -0.4 is 5.32 Å². The molecule has 0 atom stereocenters. The summed E-state index contributed by atoms with van der Waals surface area (Å²) in [6.45, 7) is 2.04. The molecule has 0 aliphatic heterocycles. The predicted octanol–water partition coefficient (Wildman–Crippen LogP) is 4.84. The molecular formula is C19H16ClN3OS. The number of rotatable bonds is 5. The smallest absolute Gasteiger partial charge is 0.234 e. The number of hydrogen-bond acceptors (Lipinski definition) is 4. The van der Waals surface area contributed by atoms with Crippen LogP contribution in [0.25, 0.3) is 11.3 Å². The summed E-state index contributed by atoms with van der Waals surface area (Å²) in [7, 11) is 0. The van der Waals surface area contributed by atoms with Gasteiger partial charge < -0.3 is 5.32 Å². The second-order valence-corrected chi connectivity index (χ2v) is 6.85. The van der Waals surface area contributed by atoms with E-state index < -0.39 is 0 Å². The van der Waals surface area contributed by atoms with Gasteiger partial charge in [-0.1, -0.05) is 53.7 Å². The Morgan fingerprint density at radius 3 is 2.64 bits per heavy atom. The molecule has 0 spiro atoms. The summed E-state index contributed by atoms with van der Waals surface area (Å²) in [5.74, 6) is 0.141. The first-order valence-corrected chi connectivity index (χ1v) is 9.06. The fourth-order valence-electron chi connectivity index (χ4n) is 2.30. The Kier molecular flexibility index (Phi) is 5.68. The van der Waals surface area contributed by atoms with Gasteiger partial charge in [0.05, 0.1) is 11.4 Å². The summed E-state index contributed by atoms with van der Waals surface area (Å²) in [6.07, 6.45) is 0. The summed E-state index contributed by atoms with van der Waals surface area (Å²) >= 11 is 7.24. The average Bonchev–Trinajstić information content (AvgIpc) is 2.61. The number of carbonyl (C=O) groups is 1. The molecule has 0 bridgehead atoms. The lowest BCUT2D eigenvalue weighted by molar-refractivity contribution is -0.113. The van der Waals surface area contributed by atoms with Crippen molar-refractivity contribution in [3.8, 4) is 11.3 Å². The molecule has 1 N–H and O–H groups in total. The first-order chi connectivity index (χ1) is 12.1. The number of carbonyl (C=O) groups excluding carboxylic acids is 1. The number of halogens is 1. The SMILES string of the molecule is Cc1ccccc1-c1ccc(SCC(=O)Nc2cccc(Cl)c2)nn1. The van der Waals surface area contributed by atoms with Crippen LogP contribution in [-0.4, -0.2) is 21.9 Å². The van der Waals surface area contributed by atoms with Crippen molar-refractivity contribution in [3.05, 3.63) is 71.2 Å². The van der Waals surface area contributed by atoms with Gasteiger partial charge in [0.1, 0.15) is 5.03 Å². The van der Waals surface area contributed by atoms with Gasteiger partial charge >= 0.3 is 0 Å². The van der Waals surface area contributed by atoms with Crippen molar-refractivity contribution in [2.45, 2.75) is 11.9 Å². The lowest BCUT2D eigenvalue weighted by atomic mass is 10.1. The van der Waals surface area contributed by atoms with Gasteiger partial charge in [0, 0.05) is 16.3 Å². The standard InChI is InChI=1S/C19H16ClN3OS/c1-13-5-2-3-8-16(13)17-9-10-19(23-22-17)25-12-18(24)21-15-7-4-6-14(20)11-15/h2-11H,12H2,1H3,(H,21,24). The van der Waals surface area contributed by atoms with Crippen LogP contribution in [-0.2, 0) is 4.79 Å². The fraction of sp³-hybridized carbons (Fsp3) is 0.105. The largest absolute Gasteiger partial charge is 0.325 e. The minimum absolute atomic E-state index is 0.114. The van der Waals surface area contributed by atoms with Crippen molar-refractivity contribution in [1.29, 1.82) is 0 Å². The highest BCUT2D eigenvalue weighted by Gasteiger charge is 2.07. The molecule has 6 heteroatoms. The highest BCUT2D eigenvalue weighted by molar-refractivity contribution is 7.99. The number of nitrogens with zero attached hydrogens (tertiary/aromatic N) is 2. The maximum atomic E-state index is 12.0. The van der Waals surface area contributed by atoms with Gasteiger partial charge in [-0.2, -0.15) is 0 Å². The van der Waals surface area contributed by atoms with E-state index in [1.54, 1.807) is 24.3 Å². The zero-order valence-electron chi connectivity index (χ0n) is 13.6. The number of thioether (sulfide) groups is 1. The van der Waals surface area contributed by atoms with Crippen LogP contribution in [0.1, 0.15) is 5.56 Å². The van der Waals surface area contributed by atoms with Crippen molar-refractivity contribution in [2.75, 3.05) is 11.1 Å². The van der Waals surface area contributed by atoms with Gasteiger partial charge in [0.2, 0.25) is 5.91 Å². The highest BCUT2D eigenvalue weighted by Crippen LogP contribution is 2.23. The van der Waals surface area contributed by atoms with Crippen LogP contribution >= 0.6 is 23.4 Å². The van der Waals surface area contributed by atoms with Crippen LogP contribution in [0.5, 0.6) is 0 Å². The van der Waals surface area contributed by atoms with Gasteiger partial charge in [-0.3, -0.25) is 4.79 Å². The molecular weight excluding hydrogens is 354 g/mol. The van der Waals surface area contributed by atoms with Gasteiger partial charge in [-0.25, -0.2) is 0 Å². The lowest BCUT2D eigenvalue weighted by Crippen LogP contribution is -2.14. The Morgan fingerprint density at radius 2 is 1.92 bits per heavy atom. The zero-order chi connectivity index (χ0) is 17.6. The van der Waals surface area contributed by atoms with Crippen LogP contribution in [0.3, 0.4) is 0 Å². The summed E-state index contributed by atoms with van der Waals surface area (Å²) in [4.78, 5) is 12.0. The third-order valence-corrected chi connectivity index (χ3v) is 4.68. The molecule has 4 nitrogen and oxygen atoms in total. The number of aromatic nitrogens is 2. The van der Waals surface area contributed by atoms with Gasteiger partial charge in [-0.05, 0) is 42.8 Å². The minimum atomic E-state index is -0.114. The molecule has 2 aromatic carbocycles. The molecule has 3 aromatic rings. The Bertz CT molecular complexity index is 884. The summed E-state index contributed by atoms with van der Waals surface area (Å²) in [5, 5.41) is 12.6. The Hall–Kier alpha value is -2.37. The highest BCUT2D eigenvalue weighted by atomic mass is 35.5. The topological polar surface area (TPSA) is 54.9 Å². The number of nitrogens with one attached hydrogen (secondary N) is 1. The van der Waals surface area contributed by atoms with Crippen LogP contribution in [0.4, 0.5) is 5.69 Å². The van der Waals surface area contributed by atoms with E-state index in [9.17, 15) is 4.79 Å². The number of amides is 1. The lowest BCUT2D eigenvalue weighted by Gasteiger charge is -2.06.